The first-order valence-electron chi connectivity index (χ1n) is 13.6. The van der Waals surface area contributed by atoms with Gasteiger partial charge in [0.15, 0.2) is 6.29 Å². The number of hydrogen-bond acceptors (Lipinski definition) is 6. The summed E-state index contributed by atoms with van der Waals surface area (Å²) >= 11 is 6.41. The van der Waals surface area contributed by atoms with Gasteiger partial charge in [0, 0.05) is 52.0 Å². The molecule has 1 unspecified atom stereocenters. The summed E-state index contributed by atoms with van der Waals surface area (Å²) in [4.78, 5) is 31.3. The minimum absolute atomic E-state index is 0.0455. The maximum atomic E-state index is 12.2. The highest BCUT2D eigenvalue weighted by molar-refractivity contribution is 6.34. The number of benzene rings is 1. The van der Waals surface area contributed by atoms with Gasteiger partial charge in [0.1, 0.15) is 0 Å². The zero-order valence-corrected chi connectivity index (χ0v) is 24.4. The number of anilines is 1. The van der Waals surface area contributed by atoms with Gasteiger partial charge in [0.05, 0.1) is 10.6 Å². The predicted octanol–water partition coefficient (Wildman–Crippen LogP) is 4.17. The second-order valence-electron chi connectivity index (χ2n) is 11.9. The molecule has 1 amide bonds. The molecule has 1 N–H and O–H groups in total. The Hall–Kier alpha value is -1.88. The molecule has 0 radical (unpaired) electrons. The molecule has 0 aromatic heterocycles. The Morgan fingerprint density at radius 1 is 1.13 bits per heavy atom. The van der Waals surface area contributed by atoms with E-state index in [1.165, 1.54) is 51.9 Å². The number of aliphatic hydroxyl groups is 1. The van der Waals surface area contributed by atoms with Crippen LogP contribution < -0.4 is 4.90 Å². The summed E-state index contributed by atoms with van der Waals surface area (Å²) in [5, 5.41) is 9.29. The minimum Gasteiger partial charge on any atom is -0.374 e. The Morgan fingerprint density at radius 2 is 1.69 bits per heavy atom. The molecule has 3 aliphatic heterocycles. The SMILES string of the molecule is CC(C)C(O)(C=O)C(F)(F)F.CN1CCC2(CC1)CN(C1CCN(c3ccc(C(=O)N(C)C)c(Cl)c3)CC1)C2. The lowest BCUT2D eigenvalue weighted by molar-refractivity contribution is -0.257. The molecule has 3 heterocycles. The number of rotatable bonds is 5. The number of nitrogens with zero attached hydrogens (tertiary/aromatic N) is 4. The third-order valence-electron chi connectivity index (χ3n) is 8.57. The second kappa shape index (κ2) is 12.3. The zero-order valence-electron chi connectivity index (χ0n) is 23.6. The van der Waals surface area contributed by atoms with Crippen LogP contribution in [0.1, 0.15) is 49.9 Å². The van der Waals surface area contributed by atoms with Crippen LogP contribution in [-0.4, -0.2) is 110 Å². The lowest BCUT2D eigenvalue weighted by Crippen LogP contribution is -2.63. The van der Waals surface area contributed by atoms with E-state index >= 15 is 0 Å². The highest BCUT2D eigenvalue weighted by Gasteiger charge is 2.56. The first kappa shape index (κ1) is 31.6. The Morgan fingerprint density at radius 3 is 2.10 bits per heavy atom. The Bertz CT molecular complexity index is 998. The van der Waals surface area contributed by atoms with Crippen LogP contribution in [0.3, 0.4) is 0 Å². The number of hydrogen-bond donors (Lipinski definition) is 1. The summed E-state index contributed by atoms with van der Waals surface area (Å²) in [7, 11) is 5.75. The highest BCUT2D eigenvalue weighted by Crippen LogP contribution is 2.42. The van der Waals surface area contributed by atoms with E-state index in [-0.39, 0.29) is 5.91 Å². The maximum absolute atomic E-state index is 12.2. The highest BCUT2D eigenvalue weighted by atomic mass is 35.5. The number of piperidine rings is 2. The molecule has 4 rings (SSSR count). The Balaban J connectivity index is 0.000000325. The lowest BCUT2D eigenvalue weighted by atomic mass is 9.71. The minimum atomic E-state index is -4.89. The molecular formula is C28H42ClF3N4O3. The second-order valence-corrected chi connectivity index (χ2v) is 12.3. The van der Waals surface area contributed by atoms with Gasteiger partial charge in [-0.15, -0.1) is 0 Å². The monoisotopic (exact) mass is 574 g/mol. The van der Waals surface area contributed by atoms with Crippen molar-refractivity contribution in [2.24, 2.45) is 11.3 Å². The number of amides is 1. The summed E-state index contributed by atoms with van der Waals surface area (Å²) in [5.74, 6) is -1.21. The number of carbonyl (C=O) groups excluding carboxylic acids is 2. The van der Waals surface area contributed by atoms with Crippen molar-refractivity contribution >= 4 is 29.5 Å². The summed E-state index contributed by atoms with van der Waals surface area (Å²) in [6.07, 6.45) is -0.191. The van der Waals surface area contributed by atoms with Gasteiger partial charge in [-0.05, 0) is 75.4 Å². The molecule has 1 aromatic rings. The maximum Gasteiger partial charge on any atom is 0.424 e. The van der Waals surface area contributed by atoms with Gasteiger partial charge >= 0.3 is 6.18 Å². The molecule has 3 saturated heterocycles. The standard InChI is InChI=1S/C22H33ClN4O.C6H9F3O2/c1-24(2)21(28)19-5-4-18(14-20(19)23)26-10-6-17(7-11-26)27-15-22(16-27)8-12-25(3)13-9-22;1-4(2)5(11,3-10)6(7,8)9/h4-5,14,17H,6-13,15-16H2,1-3H3;3-4,11H,1-2H3. The summed E-state index contributed by atoms with van der Waals surface area (Å²) < 4.78 is 35.6. The van der Waals surface area contributed by atoms with Crippen LogP contribution in [0, 0.1) is 11.3 Å². The van der Waals surface area contributed by atoms with E-state index in [2.05, 4.69) is 21.7 Å². The first-order chi connectivity index (χ1) is 18.1. The summed E-state index contributed by atoms with van der Waals surface area (Å²) in [5.41, 5.74) is -0.873. The molecule has 1 aromatic carbocycles. The van der Waals surface area contributed by atoms with Crippen LogP contribution in [0.5, 0.6) is 0 Å². The first-order valence-corrected chi connectivity index (χ1v) is 13.9. The van der Waals surface area contributed by atoms with Crippen molar-refractivity contribution in [1.82, 2.24) is 14.7 Å². The fourth-order valence-corrected chi connectivity index (χ4v) is 5.87. The molecular weight excluding hydrogens is 533 g/mol. The van der Waals surface area contributed by atoms with Gasteiger partial charge in [-0.3, -0.25) is 14.5 Å². The quantitative estimate of drug-likeness (QED) is 0.533. The fourth-order valence-electron chi connectivity index (χ4n) is 5.62. The van der Waals surface area contributed by atoms with Crippen LogP contribution in [0.25, 0.3) is 0 Å². The van der Waals surface area contributed by atoms with Crippen molar-refractivity contribution in [2.45, 2.75) is 57.3 Å². The Labute approximate surface area is 234 Å². The van der Waals surface area contributed by atoms with E-state index in [0.717, 1.165) is 38.7 Å². The van der Waals surface area contributed by atoms with Crippen LogP contribution in [-0.2, 0) is 4.79 Å². The Kier molecular flexibility index (Phi) is 10.0. The van der Waals surface area contributed by atoms with Crippen molar-refractivity contribution in [3.63, 3.8) is 0 Å². The third-order valence-corrected chi connectivity index (χ3v) is 8.89. The molecule has 1 spiro atoms. The van der Waals surface area contributed by atoms with E-state index in [1.807, 2.05) is 18.2 Å². The molecule has 7 nitrogen and oxygen atoms in total. The average Bonchev–Trinajstić information content (AvgIpc) is 2.86. The van der Waals surface area contributed by atoms with Crippen molar-refractivity contribution in [1.29, 1.82) is 0 Å². The summed E-state index contributed by atoms with van der Waals surface area (Å²) in [6, 6.07) is 6.59. The number of likely N-dealkylation sites (tertiary alicyclic amines) is 2. The smallest absolute Gasteiger partial charge is 0.374 e. The molecule has 3 aliphatic rings. The van der Waals surface area contributed by atoms with Crippen LogP contribution >= 0.6 is 11.6 Å². The number of halogens is 4. The predicted molar refractivity (Wildman–Crippen MR) is 147 cm³/mol. The molecule has 1 atom stereocenters. The van der Waals surface area contributed by atoms with Gasteiger partial charge in [-0.2, -0.15) is 13.2 Å². The largest absolute Gasteiger partial charge is 0.424 e. The average molecular weight is 575 g/mol. The fraction of sp³-hybridized carbons (Fsp3) is 0.714. The van der Waals surface area contributed by atoms with Crippen LogP contribution in [0.15, 0.2) is 18.2 Å². The molecule has 3 fully saturated rings. The van der Waals surface area contributed by atoms with E-state index < -0.39 is 24.0 Å². The van der Waals surface area contributed by atoms with Gasteiger partial charge in [-0.25, -0.2) is 0 Å². The molecule has 0 aliphatic carbocycles. The third kappa shape index (κ3) is 7.07. The lowest BCUT2D eigenvalue weighted by Gasteiger charge is -2.57. The number of aldehydes is 1. The van der Waals surface area contributed by atoms with Crippen molar-refractivity contribution < 1.29 is 27.9 Å². The van der Waals surface area contributed by atoms with E-state index in [4.69, 9.17) is 16.7 Å². The van der Waals surface area contributed by atoms with Crippen molar-refractivity contribution in [3.05, 3.63) is 28.8 Å². The molecule has 0 saturated carbocycles. The van der Waals surface area contributed by atoms with Gasteiger partial charge in [0.2, 0.25) is 5.60 Å². The molecule has 11 heteroatoms. The van der Waals surface area contributed by atoms with E-state index in [9.17, 15) is 22.8 Å². The normalized spacial score (nSPS) is 22.1. The van der Waals surface area contributed by atoms with Crippen molar-refractivity contribution in [2.75, 3.05) is 65.3 Å². The molecule has 39 heavy (non-hydrogen) atoms. The molecule has 0 bridgehead atoms. The van der Waals surface area contributed by atoms with Gasteiger partial charge in [-0.1, -0.05) is 25.4 Å². The number of alkyl halides is 3. The van der Waals surface area contributed by atoms with Gasteiger partial charge in [0.25, 0.3) is 5.91 Å². The molecule has 220 valence electrons. The number of carbonyl (C=O) groups is 2. The van der Waals surface area contributed by atoms with Crippen molar-refractivity contribution in [3.8, 4) is 0 Å². The van der Waals surface area contributed by atoms with Gasteiger partial charge < -0.3 is 19.8 Å². The van der Waals surface area contributed by atoms with E-state index in [1.54, 1.807) is 19.0 Å². The topological polar surface area (TPSA) is 67.3 Å². The van der Waals surface area contributed by atoms with Crippen LogP contribution in [0.4, 0.5) is 18.9 Å². The van der Waals surface area contributed by atoms with E-state index in [0.29, 0.717) is 16.0 Å². The summed E-state index contributed by atoms with van der Waals surface area (Å²) in [6.45, 7) is 9.52. The van der Waals surface area contributed by atoms with Crippen LogP contribution in [0.2, 0.25) is 5.02 Å². The zero-order chi connectivity index (χ0) is 29.2.